The SMILES string of the molecule is CC(CNCC1CCCO1)N(C)Cc1cccs1. The second-order valence-corrected chi connectivity index (χ2v) is 6.17. The fourth-order valence-corrected chi connectivity index (χ4v) is 2.99. The van der Waals surface area contributed by atoms with Gasteiger partial charge in [0.15, 0.2) is 0 Å². The van der Waals surface area contributed by atoms with Gasteiger partial charge in [-0.15, -0.1) is 11.3 Å². The Morgan fingerprint density at radius 3 is 3.17 bits per heavy atom. The van der Waals surface area contributed by atoms with Crippen LogP contribution in [0.2, 0.25) is 0 Å². The summed E-state index contributed by atoms with van der Waals surface area (Å²) in [6.45, 7) is 6.29. The van der Waals surface area contributed by atoms with Crippen LogP contribution >= 0.6 is 11.3 Å². The lowest BCUT2D eigenvalue weighted by atomic mass is 10.2. The number of likely N-dealkylation sites (N-methyl/N-ethyl adjacent to an activating group) is 1. The second kappa shape index (κ2) is 7.24. The molecule has 1 aromatic heterocycles. The van der Waals surface area contributed by atoms with Crippen LogP contribution in [-0.4, -0.2) is 43.8 Å². The van der Waals surface area contributed by atoms with Gasteiger partial charge in [0.05, 0.1) is 6.10 Å². The van der Waals surface area contributed by atoms with Crippen LogP contribution in [0.1, 0.15) is 24.6 Å². The maximum absolute atomic E-state index is 5.61. The van der Waals surface area contributed by atoms with E-state index in [1.165, 1.54) is 17.7 Å². The van der Waals surface area contributed by atoms with Crippen LogP contribution in [0, 0.1) is 0 Å². The minimum absolute atomic E-state index is 0.444. The van der Waals surface area contributed by atoms with Crippen molar-refractivity contribution < 1.29 is 4.74 Å². The lowest BCUT2D eigenvalue weighted by Crippen LogP contribution is -2.39. The second-order valence-electron chi connectivity index (χ2n) is 5.14. The van der Waals surface area contributed by atoms with E-state index in [4.69, 9.17) is 4.74 Å². The number of hydrogen-bond acceptors (Lipinski definition) is 4. The summed E-state index contributed by atoms with van der Waals surface area (Å²) < 4.78 is 5.61. The van der Waals surface area contributed by atoms with Crippen LogP contribution in [0.25, 0.3) is 0 Å². The van der Waals surface area contributed by atoms with Crippen molar-refractivity contribution in [2.45, 2.75) is 38.5 Å². The number of rotatable bonds is 7. The molecule has 2 rings (SSSR count). The topological polar surface area (TPSA) is 24.5 Å². The first-order valence-electron chi connectivity index (χ1n) is 6.80. The molecule has 1 fully saturated rings. The van der Waals surface area contributed by atoms with Crippen LogP contribution in [0.5, 0.6) is 0 Å². The van der Waals surface area contributed by atoms with Gasteiger partial charge in [0.25, 0.3) is 0 Å². The first-order chi connectivity index (χ1) is 8.75. The van der Waals surface area contributed by atoms with Gasteiger partial charge in [0.2, 0.25) is 0 Å². The van der Waals surface area contributed by atoms with Crippen molar-refractivity contribution in [3.8, 4) is 0 Å². The smallest absolute Gasteiger partial charge is 0.0700 e. The fourth-order valence-electron chi connectivity index (χ4n) is 2.22. The van der Waals surface area contributed by atoms with Crippen LogP contribution < -0.4 is 5.32 Å². The molecular formula is C14H24N2OS. The predicted octanol–water partition coefficient (Wildman–Crippen LogP) is 2.34. The molecular weight excluding hydrogens is 244 g/mol. The molecule has 1 aliphatic heterocycles. The number of hydrogen-bond donors (Lipinski definition) is 1. The van der Waals surface area contributed by atoms with Crippen LogP contribution in [-0.2, 0) is 11.3 Å². The Balaban J connectivity index is 1.62. The van der Waals surface area contributed by atoms with E-state index in [2.05, 4.69) is 41.7 Å². The van der Waals surface area contributed by atoms with E-state index in [9.17, 15) is 0 Å². The third-order valence-corrected chi connectivity index (χ3v) is 4.43. The van der Waals surface area contributed by atoms with E-state index in [-0.39, 0.29) is 0 Å². The molecule has 1 aromatic rings. The molecule has 0 saturated carbocycles. The molecule has 18 heavy (non-hydrogen) atoms. The molecule has 2 heterocycles. The van der Waals surface area contributed by atoms with Crippen molar-refractivity contribution in [1.29, 1.82) is 0 Å². The first-order valence-corrected chi connectivity index (χ1v) is 7.68. The van der Waals surface area contributed by atoms with Gasteiger partial charge >= 0.3 is 0 Å². The minimum Gasteiger partial charge on any atom is -0.377 e. The monoisotopic (exact) mass is 268 g/mol. The standard InChI is InChI=1S/C14H24N2OS/c1-12(9-15-10-13-5-3-7-17-13)16(2)11-14-6-4-8-18-14/h4,6,8,12-13,15H,3,5,7,9-11H2,1-2H3. The van der Waals surface area contributed by atoms with Gasteiger partial charge < -0.3 is 10.1 Å². The van der Waals surface area contributed by atoms with Crippen molar-refractivity contribution in [2.24, 2.45) is 0 Å². The summed E-state index contributed by atoms with van der Waals surface area (Å²) in [5.74, 6) is 0. The highest BCUT2D eigenvalue weighted by Crippen LogP contribution is 2.13. The van der Waals surface area contributed by atoms with Gasteiger partial charge in [-0.25, -0.2) is 0 Å². The normalized spacial score (nSPS) is 21.6. The van der Waals surface area contributed by atoms with Gasteiger partial charge in [-0.05, 0) is 38.3 Å². The molecule has 0 bridgehead atoms. The molecule has 1 aliphatic rings. The largest absolute Gasteiger partial charge is 0.377 e. The summed E-state index contributed by atoms with van der Waals surface area (Å²) in [6.07, 6.45) is 2.88. The summed E-state index contributed by atoms with van der Waals surface area (Å²) in [6, 6.07) is 4.87. The molecule has 102 valence electrons. The van der Waals surface area contributed by atoms with Crippen LogP contribution in [0.3, 0.4) is 0 Å². The van der Waals surface area contributed by atoms with Crippen molar-refractivity contribution >= 4 is 11.3 Å². The average Bonchev–Trinajstić information content (AvgIpc) is 3.01. The molecule has 4 heteroatoms. The molecule has 0 radical (unpaired) electrons. The van der Waals surface area contributed by atoms with Crippen molar-refractivity contribution in [1.82, 2.24) is 10.2 Å². The van der Waals surface area contributed by atoms with Gasteiger partial charge in [0.1, 0.15) is 0 Å². The zero-order chi connectivity index (χ0) is 12.8. The van der Waals surface area contributed by atoms with Crippen LogP contribution in [0.4, 0.5) is 0 Å². The number of thiophene rings is 1. The van der Waals surface area contributed by atoms with E-state index in [0.29, 0.717) is 12.1 Å². The molecule has 2 atom stereocenters. The summed E-state index contributed by atoms with van der Waals surface area (Å²) in [5, 5.41) is 5.67. The van der Waals surface area contributed by atoms with Crippen molar-refractivity contribution in [3.63, 3.8) is 0 Å². The highest BCUT2D eigenvalue weighted by Gasteiger charge is 2.16. The Bertz CT molecular complexity index is 323. The molecule has 2 unspecified atom stereocenters. The van der Waals surface area contributed by atoms with E-state index in [1.807, 2.05) is 11.3 Å². The molecule has 0 spiro atoms. The minimum atomic E-state index is 0.444. The first kappa shape index (κ1) is 14.0. The van der Waals surface area contributed by atoms with E-state index in [1.54, 1.807) is 0 Å². The highest BCUT2D eigenvalue weighted by molar-refractivity contribution is 7.09. The number of ether oxygens (including phenoxy) is 1. The summed E-state index contributed by atoms with van der Waals surface area (Å²) in [4.78, 5) is 3.83. The lowest BCUT2D eigenvalue weighted by molar-refractivity contribution is 0.108. The fraction of sp³-hybridized carbons (Fsp3) is 0.714. The molecule has 0 amide bonds. The zero-order valence-electron chi connectivity index (χ0n) is 11.4. The molecule has 1 saturated heterocycles. The Labute approximate surface area is 114 Å². The van der Waals surface area contributed by atoms with Gasteiger partial charge in [-0.1, -0.05) is 6.07 Å². The van der Waals surface area contributed by atoms with Crippen molar-refractivity contribution in [3.05, 3.63) is 22.4 Å². The summed E-state index contributed by atoms with van der Waals surface area (Å²) in [7, 11) is 2.19. The molecule has 0 aliphatic carbocycles. The van der Waals surface area contributed by atoms with E-state index < -0.39 is 0 Å². The van der Waals surface area contributed by atoms with E-state index in [0.717, 1.165) is 26.2 Å². The summed E-state index contributed by atoms with van der Waals surface area (Å²) >= 11 is 1.83. The van der Waals surface area contributed by atoms with Gasteiger partial charge in [0, 0.05) is 37.2 Å². The highest BCUT2D eigenvalue weighted by atomic mass is 32.1. The molecule has 3 nitrogen and oxygen atoms in total. The quantitative estimate of drug-likeness (QED) is 0.821. The maximum atomic E-state index is 5.61. The molecule has 0 aromatic carbocycles. The maximum Gasteiger partial charge on any atom is 0.0700 e. The van der Waals surface area contributed by atoms with Crippen molar-refractivity contribution in [2.75, 3.05) is 26.7 Å². The summed E-state index contributed by atoms with van der Waals surface area (Å²) in [5.41, 5.74) is 0. The predicted molar refractivity (Wildman–Crippen MR) is 77.1 cm³/mol. The Hall–Kier alpha value is -0.420. The van der Waals surface area contributed by atoms with E-state index >= 15 is 0 Å². The lowest BCUT2D eigenvalue weighted by Gasteiger charge is -2.25. The van der Waals surface area contributed by atoms with Crippen LogP contribution in [0.15, 0.2) is 17.5 Å². The Morgan fingerprint density at radius 1 is 1.61 bits per heavy atom. The van der Waals surface area contributed by atoms with Gasteiger partial charge in [-0.2, -0.15) is 0 Å². The molecule has 1 N–H and O–H groups in total. The zero-order valence-corrected chi connectivity index (χ0v) is 12.2. The third kappa shape index (κ3) is 4.35. The Kier molecular flexibility index (Phi) is 5.63. The van der Waals surface area contributed by atoms with Gasteiger partial charge in [-0.3, -0.25) is 4.90 Å². The average molecular weight is 268 g/mol. The third-order valence-electron chi connectivity index (χ3n) is 3.57. The number of nitrogens with zero attached hydrogens (tertiary/aromatic N) is 1. The number of nitrogens with one attached hydrogen (secondary N) is 1. The Morgan fingerprint density at radius 2 is 2.50 bits per heavy atom.